The van der Waals surface area contributed by atoms with Crippen molar-refractivity contribution in [2.75, 3.05) is 9.80 Å². The minimum Gasteiger partial charge on any atom is -0.310 e. The zero-order valence-electron chi connectivity index (χ0n) is 30.5. The molecule has 56 heavy (non-hydrogen) atoms. The fourth-order valence-corrected chi connectivity index (χ4v) is 9.61. The van der Waals surface area contributed by atoms with Crippen LogP contribution in [0.2, 0.25) is 0 Å². The monoisotopic (exact) mass is 733 g/mol. The predicted octanol–water partition coefficient (Wildman–Crippen LogP) is 15.2. The van der Waals surface area contributed by atoms with Crippen molar-refractivity contribution in [3.05, 3.63) is 212 Å². The van der Waals surface area contributed by atoms with Crippen molar-refractivity contribution in [2.45, 2.75) is 0 Å². The van der Waals surface area contributed by atoms with Crippen molar-refractivity contribution in [3.63, 3.8) is 0 Å². The van der Waals surface area contributed by atoms with E-state index in [2.05, 4.69) is 227 Å². The maximum absolute atomic E-state index is 2.40. The maximum Gasteiger partial charge on any atom is 0.0640 e. The van der Waals surface area contributed by atoms with Crippen molar-refractivity contribution in [3.8, 4) is 5.69 Å². The lowest BCUT2D eigenvalue weighted by Crippen LogP contribution is -2.12. The molecule has 4 heteroatoms. The summed E-state index contributed by atoms with van der Waals surface area (Å²) in [5.41, 5.74) is 10.2. The Labute approximate surface area is 329 Å². The quantitative estimate of drug-likeness (QED) is 0.162. The van der Waals surface area contributed by atoms with Crippen LogP contribution in [0, 0.1) is 0 Å². The highest BCUT2D eigenvalue weighted by atomic mass is 32.1. The zero-order valence-corrected chi connectivity index (χ0v) is 31.3. The molecule has 9 aromatic carbocycles. The number of anilines is 6. The number of nitrogens with zero attached hydrogens (tertiary/aromatic N) is 3. The molecule has 0 unspecified atom stereocenters. The van der Waals surface area contributed by atoms with Gasteiger partial charge in [0.1, 0.15) is 0 Å². The molecule has 3 nitrogen and oxygen atoms in total. The third-order valence-electron chi connectivity index (χ3n) is 10.9. The van der Waals surface area contributed by atoms with Gasteiger partial charge in [0, 0.05) is 60.4 Å². The number of hydrogen-bond donors (Lipinski definition) is 0. The van der Waals surface area contributed by atoms with Gasteiger partial charge in [-0.05, 0) is 108 Å². The van der Waals surface area contributed by atoms with Crippen molar-refractivity contribution in [2.24, 2.45) is 0 Å². The average Bonchev–Trinajstić information content (AvgIpc) is 3.80. The van der Waals surface area contributed by atoms with Gasteiger partial charge in [-0.2, -0.15) is 0 Å². The Morgan fingerprint density at radius 2 is 0.875 bits per heavy atom. The number of hydrogen-bond acceptors (Lipinski definition) is 3. The molecule has 0 N–H and O–H groups in total. The van der Waals surface area contributed by atoms with Crippen LogP contribution in [0.25, 0.3) is 58.4 Å². The van der Waals surface area contributed by atoms with Crippen LogP contribution in [0.4, 0.5) is 34.1 Å². The average molecular weight is 734 g/mol. The van der Waals surface area contributed by atoms with E-state index < -0.39 is 0 Å². The lowest BCUT2D eigenvalue weighted by molar-refractivity contribution is 1.18. The van der Waals surface area contributed by atoms with Crippen molar-refractivity contribution in [1.82, 2.24) is 4.57 Å². The molecule has 0 aliphatic carbocycles. The Kier molecular flexibility index (Phi) is 7.68. The second-order valence-electron chi connectivity index (χ2n) is 14.2. The number of para-hydroxylation sites is 4. The number of aromatic nitrogens is 1. The highest BCUT2D eigenvalue weighted by Gasteiger charge is 2.21. The Bertz CT molecular complexity index is 3180. The van der Waals surface area contributed by atoms with Gasteiger partial charge in [0.25, 0.3) is 0 Å². The standard InChI is InChI=1S/C52H35N3S/c1-4-17-38(18-5-1)53(43-31-32-45-44-23-12-13-25-48(44)55(50(45)35-43)40-21-8-3-9-22-40)41-27-29-42(30-28-41)54(39-19-6-2-7-20-39)49-26-14-24-46-47-33-36-15-10-11-16-37(36)34-51(47)56-52(46)49/h1-35H. The molecule has 0 atom stereocenters. The van der Waals surface area contributed by atoms with Gasteiger partial charge < -0.3 is 14.4 Å². The van der Waals surface area contributed by atoms with E-state index in [1.54, 1.807) is 0 Å². The van der Waals surface area contributed by atoms with Gasteiger partial charge in [-0.25, -0.2) is 0 Å². The summed E-state index contributed by atoms with van der Waals surface area (Å²) in [7, 11) is 0. The van der Waals surface area contributed by atoms with Gasteiger partial charge in [0.15, 0.2) is 0 Å². The van der Waals surface area contributed by atoms with E-state index in [9.17, 15) is 0 Å². The van der Waals surface area contributed by atoms with Crippen LogP contribution in [0.1, 0.15) is 0 Å². The van der Waals surface area contributed by atoms with Gasteiger partial charge >= 0.3 is 0 Å². The van der Waals surface area contributed by atoms with Crippen LogP contribution in [-0.4, -0.2) is 4.57 Å². The van der Waals surface area contributed by atoms with Gasteiger partial charge in [-0.1, -0.05) is 115 Å². The second kappa shape index (κ2) is 13.3. The van der Waals surface area contributed by atoms with Gasteiger partial charge in [-0.15, -0.1) is 11.3 Å². The van der Waals surface area contributed by atoms with E-state index in [-0.39, 0.29) is 0 Å². The van der Waals surface area contributed by atoms with E-state index in [1.807, 2.05) is 11.3 Å². The minimum atomic E-state index is 1.08. The van der Waals surface area contributed by atoms with Crippen molar-refractivity contribution >= 4 is 98.2 Å². The minimum absolute atomic E-state index is 1.08. The van der Waals surface area contributed by atoms with Crippen LogP contribution in [0.15, 0.2) is 212 Å². The first kappa shape index (κ1) is 32.3. The number of benzene rings is 9. The number of rotatable bonds is 7. The molecule has 264 valence electrons. The summed E-state index contributed by atoms with van der Waals surface area (Å²) < 4.78 is 4.96. The van der Waals surface area contributed by atoms with Crippen LogP contribution in [0.5, 0.6) is 0 Å². The molecule has 11 rings (SSSR count). The van der Waals surface area contributed by atoms with Gasteiger partial charge in [0.05, 0.1) is 21.4 Å². The van der Waals surface area contributed by atoms with Crippen molar-refractivity contribution < 1.29 is 0 Å². The van der Waals surface area contributed by atoms with Crippen LogP contribution in [0.3, 0.4) is 0 Å². The summed E-state index contributed by atoms with van der Waals surface area (Å²) in [5, 5.41) is 7.60. The Hall–Kier alpha value is -7.14. The van der Waals surface area contributed by atoms with Crippen LogP contribution >= 0.6 is 11.3 Å². The molecule has 2 aromatic heterocycles. The fraction of sp³-hybridized carbons (Fsp3) is 0. The topological polar surface area (TPSA) is 11.4 Å². The smallest absolute Gasteiger partial charge is 0.0640 e. The Balaban J connectivity index is 1.06. The third-order valence-corrected chi connectivity index (χ3v) is 12.1. The van der Waals surface area contributed by atoms with Crippen LogP contribution < -0.4 is 9.80 Å². The third kappa shape index (κ3) is 5.34. The lowest BCUT2D eigenvalue weighted by Gasteiger charge is -2.28. The summed E-state index contributed by atoms with van der Waals surface area (Å²) in [5.74, 6) is 0. The molecule has 0 fully saturated rings. The van der Waals surface area contributed by atoms with E-state index in [4.69, 9.17) is 0 Å². The van der Waals surface area contributed by atoms with E-state index in [1.165, 1.54) is 58.4 Å². The van der Waals surface area contributed by atoms with Gasteiger partial charge in [-0.3, -0.25) is 0 Å². The number of thiophene rings is 1. The van der Waals surface area contributed by atoms with Crippen molar-refractivity contribution in [1.29, 1.82) is 0 Å². The molecule has 0 aliphatic rings. The van der Waals surface area contributed by atoms with Crippen LogP contribution in [-0.2, 0) is 0 Å². The molecule has 0 saturated carbocycles. The summed E-state index contributed by atoms with van der Waals surface area (Å²) >= 11 is 1.87. The molecule has 0 saturated heterocycles. The SMILES string of the molecule is c1ccc(N(c2ccc(N(c3ccccc3)c3cccc4c3sc3cc5ccccc5cc34)cc2)c2ccc3c4ccccc4n(-c4ccccc4)c3c2)cc1. The molecule has 0 radical (unpaired) electrons. The molecule has 11 aromatic rings. The maximum atomic E-state index is 2.40. The molecule has 0 spiro atoms. The van der Waals surface area contributed by atoms with E-state index >= 15 is 0 Å². The van der Waals surface area contributed by atoms with Gasteiger partial charge in [0.2, 0.25) is 0 Å². The lowest BCUT2D eigenvalue weighted by atomic mass is 10.1. The summed E-state index contributed by atoms with van der Waals surface area (Å²) in [6, 6.07) is 76.8. The molecule has 0 bridgehead atoms. The molecule has 0 amide bonds. The molecular weight excluding hydrogens is 699 g/mol. The normalized spacial score (nSPS) is 11.6. The molecule has 0 aliphatic heterocycles. The summed E-state index contributed by atoms with van der Waals surface area (Å²) in [6.45, 7) is 0. The summed E-state index contributed by atoms with van der Waals surface area (Å²) in [4.78, 5) is 4.76. The Morgan fingerprint density at radius 3 is 1.61 bits per heavy atom. The number of fused-ring (bicyclic) bond motifs is 7. The molecule has 2 heterocycles. The first-order valence-corrected chi connectivity index (χ1v) is 19.8. The highest BCUT2D eigenvalue weighted by molar-refractivity contribution is 7.26. The first-order chi connectivity index (χ1) is 27.8. The second-order valence-corrected chi connectivity index (χ2v) is 15.3. The largest absolute Gasteiger partial charge is 0.310 e. The highest BCUT2D eigenvalue weighted by Crippen LogP contribution is 2.46. The first-order valence-electron chi connectivity index (χ1n) is 19.0. The molecular formula is C52H35N3S. The Morgan fingerprint density at radius 1 is 0.339 bits per heavy atom. The van der Waals surface area contributed by atoms with E-state index in [0.717, 1.165) is 34.1 Å². The summed E-state index contributed by atoms with van der Waals surface area (Å²) in [6.07, 6.45) is 0. The predicted molar refractivity (Wildman–Crippen MR) is 241 cm³/mol. The fourth-order valence-electron chi connectivity index (χ4n) is 8.38. The zero-order chi connectivity index (χ0) is 37.0. The van der Waals surface area contributed by atoms with E-state index in [0.29, 0.717) is 0 Å².